The Bertz CT molecular complexity index is 388. The molecule has 1 N–H and O–H groups in total. The summed E-state index contributed by atoms with van der Waals surface area (Å²) < 4.78 is 1.07. The van der Waals surface area contributed by atoms with Gasteiger partial charge < -0.3 is 10.0 Å². The quantitative estimate of drug-likeness (QED) is 0.780. The van der Waals surface area contributed by atoms with Crippen LogP contribution < -0.4 is 4.90 Å². The van der Waals surface area contributed by atoms with Gasteiger partial charge >= 0.3 is 0 Å². The monoisotopic (exact) mass is 327 g/mol. The predicted octanol–water partition coefficient (Wildman–Crippen LogP) is 4.76. The second-order valence-corrected chi connectivity index (χ2v) is 5.96. The molecule has 2 nitrogen and oxygen atoms in total. The van der Waals surface area contributed by atoms with E-state index in [4.69, 9.17) is 0 Å². The number of hydrogen-bond donors (Lipinski definition) is 1. The smallest absolute Gasteiger partial charge is 0.0762 e. The van der Waals surface area contributed by atoms with Crippen LogP contribution >= 0.6 is 15.9 Å². The van der Waals surface area contributed by atoms with Crippen molar-refractivity contribution in [1.82, 2.24) is 0 Å². The molecule has 1 aromatic rings. The van der Waals surface area contributed by atoms with E-state index in [1.54, 1.807) is 6.92 Å². The van der Waals surface area contributed by atoms with Crippen molar-refractivity contribution in [2.24, 2.45) is 5.92 Å². The minimum atomic E-state index is -0.417. The summed E-state index contributed by atoms with van der Waals surface area (Å²) in [5.74, 6) is 0.739. The summed E-state index contributed by atoms with van der Waals surface area (Å²) in [5, 5.41) is 9.62. The molecule has 0 radical (unpaired) electrons. The van der Waals surface area contributed by atoms with Crippen LogP contribution in [0.4, 0.5) is 5.69 Å². The molecule has 1 aromatic carbocycles. The largest absolute Gasteiger partial charge is 0.389 e. The normalized spacial score (nSPS) is 12.8. The Morgan fingerprint density at radius 3 is 2.26 bits per heavy atom. The molecule has 1 rings (SSSR count). The van der Waals surface area contributed by atoms with Gasteiger partial charge in [-0.1, -0.05) is 32.8 Å². The standard InChI is InChI=1S/C16H26BrNO/c1-5-13(6-2)11-18(7-3)16-9-8-14(12(4)19)10-15(16)17/h8-10,12-13,19H,5-7,11H2,1-4H3/t12-/m1/s1. The van der Waals surface area contributed by atoms with E-state index in [9.17, 15) is 5.11 Å². The topological polar surface area (TPSA) is 23.5 Å². The lowest BCUT2D eigenvalue weighted by Crippen LogP contribution is -2.29. The lowest BCUT2D eigenvalue weighted by atomic mass is 10.0. The van der Waals surface area contributed by atoms with Crippen molar-refractivity contribution in [3.05, 3.63) is 28.2 Å². The van der Waals surface area contributed by atoms with E-state index in [0.717, 1.165) is 29.0 Å². The zero-order valence-corrected chi connectivity index (χ0v) is 14.1. The molecule has 0 aliphatic carbocycles. The Kier molecular flexibility index (Phi) is 6.87. The number of nitrogens with zero attached hydrogens (tertiary/aromatic N) is 1. The van der Waals surface area contributed by atoms with Crippen LogP contribution in [0.25, 0.3) is 0 Å². The fraction of sp³-hybridized carbons (Fsp3) is 0.625. The highest BCUT2D eigenvalue weighted by Crippen LogP contribution is 2.30. The number of rotatable bonds is 7. The third-order valence-corrected chi connectivity index (χ3v) is 4.44. The molecule has 0 aliphatic rings. The molecule has 0 aromatic heterocycles. The lowest BCUT2D eigenvalue weighted by molar-refractivity contribution is 0.199. The van der Waals surface area contributed by atoms with Gasteiger partial charge in [-0.05, 0) is 53.4 Å². The van der Waals surface area contributed by atoms with Crippen LogP contribution in [0, 0.1) is 5.92 Å². The zero-order valence-electron chi connectivity index (χ0n) is 12.5. The third kappa shape index (κ3) is 4.50. The van der Waals surface area contributed by atoms with E-state index in [1.165, 1.54) is 18.5 Å². The van der Waals surface area contributed by atoms with Crippen molar-refractivity contribution in [3.8, 4) is 0 Å². The Balaban J connectivity index is 2.92. The van der Waals surface area contributed by atoms with Crippen molar-refractivity contribution >= 4 is 21.6 Å². The van der Waals surface area contributed by atoms with Gasteiger partial charge in [0.05, 0.1) is 11.8 Å². The minimum absolute atomic E-state index is 0.417. The van der Waals surface area contributed by atoms with Gasteiger partial charge in [-0.3, -0.25) is 0 Å². The first-order valence-electron chi connectivity index (χ1n) is 7.25. The van der Waals surface area contributed by atoms with E-state index in [2.05, 4.69) is 47.7 Å². The van der Waals surface area contributed by atoms with Crippen LogP contribution in [0.3, 0.4) is 0 Å². The molecule has 19 heavy (non-hydrogen) atoms. The maximum absolute atomic E-state index is 9.62. The van der Waals surface area contributed by atoms with Gasteiger partial charge in [0.2, 0.25) is 0 Å². The van der Waals surface area contributed by atoms with E-state index >= 15 is 0 Å². The number of halogens is 1. The number of aliphatic hydroxyl groups excluding tert-OH is 1. The molecule has 108 valence electrons. The zero-order chi connectivity index (χ0) is 14.4. The van der Waals surface area contributed by atoms with E-state index in [-0.39, 0.29) is 0 Å². The number of hydrogen-bond acceptors (Lipinski definition) is 2. The molecule has 0 heterocycles. The van der Waals surface area contributed by atoms with Gasteiger partial charge in [0, 0.05) is 17.6 Å². The average molecular weight is 328 g/mol. The van der Waals surface area contributed by atoms with Crippen molar-refractivity contribution in [2.75, 3.05) is 18.0 Å². The first kappa shape index (κ1) is 16.5. The van der Waals surface area contributed by atoms with Crippen LogP contribution in [0.5, 0.6) is 0 Å². The van der Waals surface area contributed by atoms with Crippen LogP contribution in [0.1, 0.15) is 52.2 Å². The highest BCUT2D eigenvalue weighted by molar-refractivity contribution is 9.10. The van der Waals surface area contributed by atoms with Crippen LogP contribution in [0.2, 0.25) is 0 Å². The van der Waals surface area contributed by atoms with Crippen LogP contribution in [0.15, 0.2) is 22.7 Å². The molecule has 0 amide bonds. The number of benzene rings is 1. The molecule has 0 bridgehead atoms. The molecule has 1 atom stereocenters. The Hall–Kier alpha value is -0.540. The van der Waals surface area contributed by atoms with Gasteiger partial charge in [-0.15, -0.1) is 0 Å². The van der Waals surface area contributed by atoms with Crippen molar-refractivity contribution in [3.63, 3.8) is 0 Å². The SMILES string of the molecule is CCC(CC)CN(CC)c1ccc([C@@H](C)O)cc1Br. The first-order valence-corrected chi connectivity index (χ1v) is 8.05. The molecule has 3 heteroatoms. The fourth-order valence-electron chi connectivity index (χ4n) is 2.30. The number of anilines is 1. The summed E-state index contributed by atoms with van der Waals surface area (Å²) in [5.41, 5.74) is 2.17. The highest BCUT2D eigenvalue weighted by atomic mass is 79.9. The second kappa shape index (κ2) is 7.91. The van der Waals surface area contributed by atoms with Crippen molar-refractivity contribution < 1.29 is 5.11 Å². The van der Waals surface area contributed by atoms with Gasteiger partial charge in [0.15, 0.2) is 0 Å². The highest BCUT2D eigenvalue weighted by Gasteiger charge is 2.14. The summed E-state index contributed by atoms with van der Waals surface area (Å²) in [7, 11) is 0. The molecule has 0 aliphatic heterocycles. The minimum Gasteiger partial charge on any atom is -0.389 e. The first-order chi connectivity index (χ1) is 9.03. The Morgan fingerprint density at radius 1 is 1.21 bits per heavy atom. The summed E-state index contributed by atoms with van der Waals surface area (Å²) in [6.07, 6.45) is 2.02. The molecule has 0 unspecified atom stereocenters. The molecule has 0 spiro atoms. The summed E-state index contributed by atoms with van der Waals surface area (Å²) in [6, 6.07) is 6.15. The van der Waals surface area contributed by atoms with Crippen LogP contribution in [-0.4, -0.2) is 18.2 Å². The maximum Gasteiger partial charge on any atom is 0.0762 e. The van der Waals surface area contributed by atoms with E-state index < -0.39 is 6.10 Å². The van der Waals surface area contributed by atoms with Crippen molar-refractivity contribution in [2.45, 2.75) is 46.6 Å². The third-order valence-electron chi connectivity index (χ3n) is 3.81. The molecular formula is C16H26BrNO. The molecular weight excluding hydrogens is 302 g/mol. The summed E-state index contributed by atoms with van der Waals surface area (Å²) in [4.78, 5) is 2.41. The Morgan fingerprint density at radius 2 is 1.84 bits per heavy atom. The van der Waals surface area contributed by atoms with Gasteiger partial charge in [0.25, 0.3) is 0 Å². The molecule has 0 saturated heterocycles. The Labute approximate surface area is 126 Å². The van der Waals surface area contributed by atoms with E-state index in [1.807, 2.05) is 12.1 Å². The average Bonchev–Trinajstić information content (AvgIpc) is 2.41. The van der Waals surface area contributed by atoms with Gasteiger partial charge in [-0.2, -0.15) is 0 Å². The van der Waals surface area contributed by atoms with Gasteiger partial charge in [-0.25, -0.2) is 0 Å². The lowest BCUT2D eigenvalue weighted by Gasteiger charge is -2.28. The van der Waals surface area contributed by atoms with E-state index in [0.29, 0.717) is 0 Å². The number of aliphatic hydroxyl groups is 1. The van der Waals surface area contributed by atoms with Crippen molar-refractivity contribution in [1.29, 1.82) is 0 Å². The van der Waals surface area contributed by atoms with Crippen LogP contribution in [-0.2, 0) is 0 Å². The molecule has 0 saturated carbocycles. The fourth-order valence-corrected chi connectivity index (χ4v) is 2.94. The summed E-state index contributed by atoms with van der Waals surface area (Å²) in [6.45, 7) is 10.6. The summed E-state index contributed by atoms with van der Waals surface area (Å²) >= 11 is 3.64. The second-order valence-electron chi connectivity index (χ2n) is 5.11. The molecule has 0 fully saturated rings. The maximum atomic E-state index is 9.62. The predicted molar refractivity (Wildman–Crippen MR) is 86.7 cm³/mol. The van der Waals surface area contributed by atoms with Gasteiger partial charge in [0.1, 0.15) is 0 Å².